The normalized spacial score (nSPS) is 10.3. The number of anilines is 1. The zero-order valence-corrected chi connectivity index (χ0v) is 12.9. The van der Waals surface area contributed by atoms with Crippen molar-refractivity contribution in [2.24, 2.45) is 0 Å². The second-order valence-electron chi connectivity index (χ2n) is 5.12. The molecule has 0 unspecified atom stereocenters. The number of nitrogens with one attached hydrogen (secondary N) is 1. The van der Waals surface area contributed by atoms with Crippen molar-refractivity contribution in [3.63, 3.8) is 0 Å². The number of aromatic nitrogens is 1. The Morgan fingerprint density at radius 1 is 1.19 bits per heavy atom. The van der Waals surface area contributed by atoms with Gasteiger partial charge < -0.3 is 10.1 Å². The maximum atomic E-state index is 11.3. The minimum Gasteiger partial charge on any atom is -0.438 e. The van der Waals surface area contributed by atoms with Gasteiger partial charge in [-0.3, -0.25) is 4.79 Å². The van der Waals surface area contributed by atoms with Gasteiger partial charge in [-0.1, -0.05) is 24.6 Å². The monoisotopic (exact) mass is 284 g/mol. The van der Waals surface area contributed by atoms with E-state index in [0.717, 1.165) is 16.9 Å². The number of nitrogens with zero attached hydrogens (tertiary/aromatic N) is 1. The summed E-state index contributed by atoms with van der Waals surface area (Å²) in [7, 11) is 0. The van der Waals surface area contributed by atoms with Gasteiger partial charge >= 0.3 is 0 Å². The Hall–Kier alpha value is -2.36. The number of amides is 1. The molecule has 0 radical (unpaired) electrons. The van der Waals surface area contributed by atoms with E-state index in [0.29, 0.717) is 18.0 Å². The van der Waals surface area contributed by atoms with Crippen molar-refractivity contribution in [3.8, 4) is 11.6 Å². The van der Waals surface area contributed by atoms with Crippen molar-refractivity contribution in [3.05, 3.63) is 47.2 Å². The van der Waals surface area contributed by atoms with Crippen LogP contribution in [0.25, 0.3) is 0 Å². The summed E-state index contributed by atoms with van der Waals surface area (Å²) in [6.45, 7) is 7.91. The Balaban J connectivity index is 2.16. The summed E-state index contributed by atoms with van der Waals surface area (Å²) < 4.78 is 5.86. The van der Waals surface area contributed by atoms with Gasteiger partial charge in [-0.05, 0) is 38.0 Å². The molecular formula is C17H20N2O2. The first-order valence-electron chi connectivity index (χ1n) is 7.01. The van der Waals surface area contributed by atoms with E-state index in [9.17, 15) is 4.79 Å². The van der Waals surface area contributed by atoms with Crippen molar-refractivity contribution < 1.29 is 9.53 Å². The molecule has 0 aliphatic carbocycles. The predicted molar refractivity (Wildman–Crippen MR) is 83.9 cm³/mol. The van der Waals surface area contributed by atoms with E-state index in [4.69, 9.17) is 4.74 Å². The third-order valence-electron chi connectivity index (χ3n) is 3.15. The molecule has 0 aliphatic rings. The molecule has 4 heteroatoms. The van der Waals surface area contributed by atoms with Crippen LogP contribution in [0.4, 0.5) is 5.69 Å². The van der Waals surface area contributed by atoms with Crippen molar-refractivity contribution in [2.75, 3.05) is 5.32 Å². The van der Waals surface area contributed by atoms with Crippen LogP contribution in [0.15, 0.2) is 30.5 Å². The summed E-state index contributed by atoms with van der Waals surface area (Å²) in [4.78, 5) is 15.5. The number of aryl methyl sites for hydroxylation is 3. The molecule has 0 saturated heterocycles. The topological polar surface area (TPSA) is 51.2 Å². The van der Waals surface area contributed by atoms with Crippen LogP contribution < -0.4 is 10.1 Å². The van der Waals surface area contributed by atoms with Gasteiger partial charge in [0.25, 0.3) is 0 Å². The van der Waals surface area contributed by atoms with E-state index in [2.05, 4.69) is 29.4 Å². The molecule has 1 aromatic carbocycles. The lowest BCUT2D eigenvalue weighted by Gasteiger charge is -2.12. The minimum absolute atomic E-state index is 0.0318. The molecule has 0 fully saturated rings. The number of benzene rings is 1. The molecule has 0 aliphatic heterocycles. The quantitative estimate of drug-likeness (QED) is 0.917. The summed E-state index contributed by atoms with van der Waals surface area (Å²) in [5, 5.41) is 2.76. The highest BCUT2D eigenvalue weighted by Gasteiger charge is 2.07. The second-order valence-corrected chi connectivity index (χ2v) is 5.12. The second kappa shape index (κ2) is 6.39. The van der Waals surface area contributed by atoms with Gasteiger partial charge in [0.1, 0.15) is 5.75 Å². The molecule has 0 saturated carbocycles. The van der Waals surface area contributed by atoms with Gasteiger partial charge in [-0.15, -0.1) is 0 Å². The van der Waals surface area contributed by atoms with Crippen molar-refractivity contribution in [2.45, 2.75) is 34.1 Å². The van der Waals surface area contributed by atoms with E-state index in [-0.39, 0.29) is 5.91 Å². The minimum atomic E-state index is -0.0318. The number of carbonyl (C=O) groups is 1. The number of hydrogen-bond acceptors (Lipinski definition) is 3. The number of carbonyl (C=O) groups excluding carboxylic acids is 1. The van der Waals surface area contributed by atoms with Gasteiger partial charge in [-0.25, -0.2) is 4.98 Å². The Morgan fingerprint density at radius 2 is 1.86 bits per heavy atom. The highest BCUT2D eigenvalue weighted by atomic mass is 16.5. The van der Waals surface area contributed by atoms with Gasteiger partial charge in [0.2, 0.25) is 11.8 Å². The van der Waals surface area contributed by atoms with Gasteiger partial charge in [0, 0.05) is 12.5 Å². The summed E-state index contributed by atoms with van der Waals surface area (Å²) in [6.07, 6.45) is 2.04. The van der Waals surface area contributed by atoms with Crippen molar-refractivity contribution in [1.82, 2.24) is 4.98 Å². The van der Waals surface area contributed by atoms with Gasteiger partial charge in [0.15, 0.2) is 0 Å². The first-order chi connectivity index (χ1) is 9.99. The lowest BCUT2D eigenvalue weighted by molar-refractivity contribution is -0.115. The Kier molecular flexibility index (Phi) is 4.58. The highest BCUT2D eigenvalue weighted by molar-refractivity contribution is 5.90. The van der Waals surface area contributed by atoms with Crippen LogP contribution in [0.2, 0.25) is 0 Å². The standard InChI is InChI=1S/C17H20N2O2/c1-5-15(20)19-14-6-7-16(18-10-14)21-17-12(3)8-11(2)9-13(17)4/h6-10H,5H2,1-4H3,(H,19,20). The van der Waals surface area contributed by atoms with E-state index >= 15 is 0 Å². The smallest absolute Gasteiger partial charge is 0.224 e. The Morgan fingerprint density at radius 3 is 2.38 bits per heavy atom. The fourth-order valence-corrected chi connectivity index (χ4v) is 2.20. The van der Waals surface area contributed by atoms with E-state index < -0.39 is 0 Å². The van der Waals surface area contributed by atoms with Crippen LogP contribution in [0, 0.1) is 20.8 Å². The predicted octanol–water partition coefficient (Wildman–Crippen LogP) is 4.15. The summed E-state index contributed by atoms with van der Waals surface area (Å²) in [5.74, 6) is 1.31. The third kappa shape index (κ3) is 3.81. The van der Waals surface area contributed by atoms with Crippen LogP contribution in [0.3, 0.4) is 0 Å². The average Bonchev–Trinajstić information content (AvgIpc) is 2.44. The molecule has 1 heterocycles. The number of pyridine rings is 1. The molecule has 0 bridgehead atoms. The molecule has 0 atom stereocenters. The van der Waals surface area contributed by atoms with Crippen LogP contribution in [-0.4, -0.2) is 10.9 Å². The van der Waals surface area contributed by atoms with E-state index in [1.807, 2.05) is 20.8 Å². The maximum Gasteiger partial charge on any atom is 0.224 e. The molecule has 1 aromatic heterocycles. The molecule has 0 spiro atoms. The molecule has 2 rings (SSSR count). The average molecular weight is 284 g/mol. The first kappa shape index (κ1) is 15.0. The van der Waals surface area contributed by atoms with Gasteiger partial charge in [0.05, 0.1) is 11.9 Å². The zero-order valence-electron chi connectivity index (χ0n) is 12.9. The van der Waals surface area contributed by atoms with Gasteiger partial charge in [-0.2, -0.15) is 0 Å². The van der Waals surface area contributed by atoms with E-state index in [1.54, 1.807) is 18.3 Å². The lowest BCUT2D eigenvalue weighted by Crippen LogP contribution is -2.09. The zero-order chi connectivity index (χ0) is 15.4. The van der Waals surface area contributed by atoms with Crippen LogP contribution in [0.1, 0.15) is 30.0 Å². The third-order valence-corrected chi connectivity index (χ3v) is 3.15. The lowest BCUT2D eigenvalue weighted by atomic mass is 10.1. The maximum absolute atomic E-state index is 11.3. The van der Waals surface area contributed by atoms with Crippen molar-refractivity contribution >= 4 is 11.6 Å². The molecule has 2 aromatic rings. The molecular weight excluding hydrogens is 264 g/mol. The van der Waals surface area contributed by atoms with E-state index in [1.165, 1.54) is 5.56 Å². The van der Waals surface area contributed by atoms with Crippen LogP contribution >= 0.6 is 0 Å². The Bertz CT molecular complexity index is 625. The van der Waals surface area contributed by atoms with Crippen LogP contribution in [0.5, 0.6) is 11.6 Å². The molecule has 21 heavy (non-hydrogen) atoms. The molecule has 1 amide bonds. The first-order valence-corrected chi connectivity index (χ1v) is 7.01. The molecule has 110 valence electrons. The fourth-order valence-electron chi connectivity index (χ4n) is 2.20. The summed E-state index contributed by atoms with van der Waals surface area (Å²) >= 11 is 0. The summed E-state index contributed by atoms with van der Waals surface area (Å²) in [6, 6.07) is 7.70. The Labute approximate surface area is 125 Å². The van der Waals surface area contributed by atoms with Crippen molar-refractivity contribution in [1.29, 1.82) is 0 Å². The molecule has 4 nitrogen and oxygen atoms in total. The number of hydrogen-bond donors (Lipinski definition) is 1. The largest absolute Gasteiger partial charge is 0.438 e. The highest BCUT2D eigenvalue weighted by Crippen LogP contribution is 2.29. The number of ether oxygens (including phenoxy) is 1. The number of rotatable bonds is 4. The van der Waals surface area contributed by atoms with Crippen LogP contribution in [-0.2, 0) is 4.79 Å². The summed E-state index contributed by atoms with van der Waals surface area (Å²) in [5.41, 5.74) is 4.05. The fraction of sp³-hybridized carbons (Fsp3) is 0.294. The SMILES string of the molecule is CCC(=O)Nc1ccc(Oc2c(C)cc(C)cc2C)nc1. The molecule has 1 N–H and O–H groups in total.